The first-order valence-electron chi connectivity index (χ1n) is 7.79. The van der Waals surface area contributed by atoms with Crippen molar-refractivity contribution in [2.45, 2.75) is 70.8 Å². The molecule has 2 rings (SSSR count). The highest BCUT2D eigenvalue weighted by atomic mass is 16.5. The van der Waals surface area contributed by atoms with Crippen LogP contribution in [0.15, 0.2) is 0 Å². The van der Waals surface area contributed by atoms with Crippen LogP contribution in [-0.2, 0) is 9.53 Å². The lowest BCUT2D eigenvalue weighted by molar-refractivity contribution is -0.118. The molecule has 0 amide bonds. The lowest BCUT2D eigenvalue weighted by Gasteiger charge is -2.18. The summed E-state index contributed by atoms with van der Waals surface area (Å²) in [6.45, 7) is 2.19. The van der Waals surface area contributed by atoms with Gasteiger partial charge in [-0.2, -0.15) is 0 Å². The van der Waals surface area contributed by atoms with Crippen LogP contribution in [0.5, 0.6) is 0 Å². The van der Waals surface area contributed by atoms with Crippen molar-refractivity contribution in [3.63, 3.8) is 0 Å². The van der Waals surface area contributed by atoms with Crippen LogP contribution in [0, 0.1) is 17.8 Å². The first-order valence-corrected chi connectivity index (χ1v) is 7.79. The molecule has 0 aliphatic heterocycles. The zero-order chi connectivity index (χ0) is 13.0. The van der Waals surface area contributed by atoms with Gasteiger partial charge in [-0.05, 0) is 43.4 Å². The highest BCUT2D eigenvalue weighted by Gasteiger charge is 2.42. The minimum absolute atomic E-state index is 0.453. The van der Waals surface area contributed by atoms with Crippen molar-refractivity contribution in [1.29, 1.82) is 0 Å². The lowest BCUT2D eigenvalue weighted by Crippen LogP contribution is -2.11. The number of hydrogen-bond donors (Lipinski definition) is 0. The number of unbranched alkanes of at least 4 members (excludes halogenated alkanes) is 1. The van der Waals surface area contributed by atoms with Gasteiger partial charge in [0.25, 0.3) is 0 Å². The van der Waals surface area contributed by atoms with Gasteiger partial charge in [-0.3, -0.25) is 4.79 Å². The van der Waals surface area contributed by atoms with Gasteiger partial charge in [-0.25, -0.2) is 0 Å². The average Bonchev–Trinajstić information content (AvgIpc) is 2.89. The molecular formula is C16H28O2. The summed E-state index contributed by atoms with van der Waals surface area (Å²) >= 11 is 0. The van der Waals surface area contributed by atoms with Crippen molar-refractivity contribution in [3.05, 3.63) is 0 Å². The van der Waals surface area contributed by atoms with Crippen LogP contribution in [-0.4, -0.2) is 19.0 Å². The Bertz CT molecular complexity index is 270. The summed E-state index contributed by atoms with van der Waals surface area (Å²) in [5.74, 6) is 2.89. The van der Waals surface area contributed by atoms with Crippen molar-refractivity contribution >= 4 is 5.78 Å². The first kappa shape index (κ1) is 14.0. The van der Waals surface area contributed by atoms with Gasteiger partial charge in [0.2, 0.25) is 0 Å². The Labute approximate surface area is 111 Å². The van der Waals surface area contributed by atoms with Gasteiger partial charge >= 0.3 is 0 Å². The maximum atomic E-state index is 11.5. The van der Waals surface area contributed by atoms with Crippen LogP contribution in [0.25, 0.3) is 0 Å². The van der Waals surface area contributed by atoms with E-state index < -0.39 is 0 Å². The van der Waals surface area contributed by atoms with E-state index in [4.69, 9.17) is 4.74 Å². The second-order valence-corrected chi connectivity index (χ2v) is 6.26. The van der Waals surface area contributed by atoms with Crippen LogP contribution in [0.3, 0.4) is 0 Å². The molecule has 0 aromatic rings. The molecule has 2 saturated carbocycles. The predicted octanol–water partition coefficient (Wildman–Crippen LogP) is 3.98. The molecular weight excluding hydrogens is 224 g/mol. The van der Waals surface area contributed by atoms with E-state index in [1.807, 2.05) is 7.11 Å². The normalized spacial score (nSPS) is 32.8. The van der Waals surface area contributed by atoms with E-state index in [1.54, 1.807) is 0 Å². The number of hydrogen-bond acceptors (Lipinski definition) is 2. The number of ketones is 1. The van der Waals surface area contributed by atoms with E-state index in [9.17, 15) is 4.79 Å². The highest BCUT2D eigenvalue weighted by Crippen LogP contribution is 2.47. The topological polar surface area (TPSA) is 26.3 Å². The van der Waals surface area contributed by atoms with E-state index in [0.717, 1.165) is 37.0 Å². The zero-order valence-electron chi connectivity index (χ0n) is 12.0. The summed E-state index contributed by atoms with van der Waals surface area (Å²) < 4.78 is 5.41. The van der Waals surface area contributed by atoms with E-state index in [2.05, 4.69) is 6.92 Å². The van der Waals surface area contributed by atoms with Crippen LogP contribution in [0.4, 0.5) is 0 Å². The maximum absolute atomic E-state index is 11.5. The Balaban J connectivity index is 1.64. The number of carbonyl (C=O) groups excluding carboxylic acids is 1. The molecule has 2 aliphatic carbocycles. The standard InChI is InChI=1S/C16H28O2/c1-3-15(18-2)7-5-4-6-12-8-9-13-10-14(17)11-16(12)13/h12-13,15-16H,3-11H2,1-2H3/t12?,13-,15-,16-/m1/s1. The molecule has 4 atom stereocenters. The molecule has 0 aromatic carbocycles. The second kappa shape index (κ2) is 6.70. The van der Waals surface area contributed by atoms with Gasteiger partial charge in [0.15, 0.2) is 0 Å². The fourth-order valence-electron chi connectivity index (χ4n) is 4.09. The van der Waals surface area contributed by atoms with Crippen molar-refractivity contribution in [2.24, 2.45) is 17.8 Å². The number of carbonyl (C=O) groups is 1. The fraction of sp³-hybridized carbons (Fsp3) is 0.938. The Morgan fingerprint density at radius 1 is 1.28 bits per heavy atom. The minimum atomic E-state index is 0.453. The molecule has 0 aromatic heterocycles. The average molecular weight is 252 g/mol. The Morgan fingerprint density at radius 3 is 2.83 bits per heavy atom. The SMILES string of the molecule is CC[C@H](CCCCC1CC[C@@H]2CC(=O)C[C@H]12)OC. The van der Waals surface area contributed by atoms with Gasteiger partial charge in [-0.15, -0.1) is 0 Å². The third kappa shape index (κ3) is 3.34. The second-order valence-electron chi connectivity index (χ2n) is 6.26. The largest absolute Gasteiger partial charge is 0.381 e. The quantitative estimate of drug-likeness (QED) is 0.641. The molecule has 2 nitrogen and oxygen atoms in total. The molecule has 2 fully saturated rings. The number of methoxy groups -OCH3 is 1. The summed E-state index contributed by atoms with van der Waals surface area (Å²) in [6.07, 6.45) is 11.2. The molecule has 18 heavy (non-hydrogen) atoms. The molecule has 104 valence electrons. The van der Waals surface area contributed by atoms with Crippen LogP contribution < -0.4 is 0 Å². The number of rotatable bonds is 7. The van der Waals surface area contributed by atoms with Crippen LogP contribution in [0.1, 0.15) is 64.7 Å². The molecule has 2 heteroatoms. The summed E-state index contributed by atoms with van der Waals surface area (Å²) in [5.41, 5.74) is 0. The van der Waals surface area contributed by atoms with E-state index in [-0.39, 0.29) is 0 Å². The molecule has 0 saturated heterocycles. The molecule has 1 unspecified atom stereocenters. The maximum Gasteiger partial charge on any atom is 0.133 e. The Kier molecular flexibility index (Phi) is 5.23. The number of fused-ring (bicyclic) bond motifs is 1. The smallest absolute Gasteiger partial charge is 0.133 e. The highest BCUT2D eigenvalue weighted by molar-refractivity contribution is 5.81. The van der Waals surface area contributed by atoms with E-state index >= 15 is 0 Å². The third-order valence-corrected chi connectivity index (χ3v) is 5.21. The minimum Gasteiger partial charge on any atom is -0.381 e. The molecule has 0 heterocycles. The van der Waals surface area contributed by atoms with Gasteiger partial charge < -0.3 is 4.74 Å². The fourth-order valence-corrected chi connectivity index (χ4v) is 4.09. The number of Topliss-reactive ketones (excluding diaryl/α,β-unsaturated/α-hetero) is 1. The van der Waals surface area contributed by atoms with Gasteiger partial charge in [0.05, 0.1) is 6.10 Å². The molecule has 0 bridgehead atoms. The Hall–Kier alpha value is -0.370. The summed E-state index contributed by atoms with van der Waals surface area (Å²) in [7, 11) is 1.82. The van der Waals surface area contributed by atoms with Gasteiger partial charge in [0.1, 0.15) is 5.78 Å². The van der Waals surface area contributed by atoms with Gasteiger partial charge in [0, 0.05) is 20.0 Å². The molecule has 0 N–H and O–H groups in total. The Morgan fingerprint density at radius 2 is 2.11 bits per heavy atom. The summed E-state index contributed by atoms with van der Waals surface area (Å²) in [5, 5.41) is 0. The molecule has 0 spiro atoms. The lowest BCUT2D eigenvalue weighted by atomic mass is 9.88. The first-order chi connectivity index (χ1) is 8.74. The monoisotopic (exact) mass is 252 g/mol. The summed E-state index contributed by atoms with van der Waals surface area (Å²) in [4.78, 5) is 11.5. The van der Waals surface area contributed by atoms with Gasteiger partial charge in [-0.1, -0.05) is 26.2 Å². The van der Waals surface area contributed by atoms with Crippen molar-refractivity contribution in [2.75, 3.05) is 7.11 Å². The summed E-state index contributed by atoms with van der Waals surface area (Å²) in [6, 6.07) is 0. The predicted molar refractivity (Wildman–Crippen MR) is 73.5 cm³/mol. The van der Waals surface area contributed by atoms with E-state index in [0.29, 0.717) is 11.9 Å². The van der Waals surface area contributed by atoms with Crippen molar-refractivity contribution < 1.29 is 9.53 Å². The van der Waals surface area contributed by atoms with Crippen LogP contribution >= 0.6 is 0 Å². The zero-order valence-corrected chi connectivity index (χ0v) is 12.0. The molecule has 2 aliphatic rings. The third-order valence-electron chi connectivity index (χ3n) is 5.21. The van der Waals surface area contributed by atoms with Crippen LogP contribution in [0.2, 0.25) is 0 Å². The van der Waals surface area contributed by atoms with E-state index in [1.165, 1.54) is 38.5 Å². The molecule has 0 radical (unpaired) electrons. The van der Waals surface area contributed by atoms with Crippen molar-refractivity contribution in [1.82, 2.24) is 0 Å². The number of ether oxygens (including phenoxy) is 1. The van der Waals surface area contributed by atoms with Crippen molar-refractivity contribution in [3.8, 4) is 0 Å².